The van der Waals surface area contributed by atoms with Gasteiger partial charge in [0.1, 0.15) is 0 Å². The molecule has 1 heterocycles. The van der Waals surface area contributed by atoms with E-state index in [-0.39, 0.29) is 12.4 Å². The van der Waals surface area contributed by atoms with E-state index in [1.807, 2.05) is 0 Å². The molecule has 0 unspecified atom stereocenters. The predicted molar refractivity (Wildman–Crippen MR) is 73.7 cm³/mol. The Morgan fingerprint density at radius 3 is 2.53 bits per heavy atom. The van der Waals surface area contributed by atoms with Crippen LogP contribution in [0.1, 0.15) is 38.5 Å². The Kier molecular flexibility index (Phi) is 6.78. The molecule has 0 aromatic heterocycles. The lowest BCUT2D eigenvalue weighted by Crippen LogP contribution is -2.31. The van der Waals surface area contributed by atoms with Gasteiger partial charge in [0, 0.05) is 19.6 Å². The molecule has 3 nitrogen and oxygen atoms in total. The fraction of sp³-hybridized carbons (Fsp3) is 1.00. The first kappa shape index (κ1) is 15.2. The third kappa shape index (κ3) is 4.40. The predicted octanol–water partition coefficient (Wildman–Crippen LogP) is 2.04. The van der Waals surface area contributed by atoms with Crippen molar-refractivity contribution in [2.75, 3.05) is 39.4 Å². The smallest absolute Gasteiger partial charge is 0.0594 e. The van der Waals surface area contributed by atoms with Crippen LogP contribution in [0.15, 0.2) is 0 Å². The van der Waals surface area contributed by atoms with Gasteiger partial charge in [-0.25, -0.2) is 0 Å². The van der Waals surface area contributed by atoms with Crippen molar-refractivity contribution in [1.29, 1.82) is 0 Å². The summed E-state index contributed by atoms with van der Waals surface area (Å²) in [7, 11) is 0. The van der Waals surface area contributed by atoms with Gasteiger partial charge in [0.2, 0.25) is 0 Å². The fourth-order valence-electron chi connectivity index (χ4n) is 3.31. The SMILES string of the molecule is Cl.NCCOCCN1CCC2(CCCCC2)C1. The summed E-state index contributed by atoms with van der Waals surface area (Å²) in [5, 5.41) is 0. The number of rotatable bonds is 5. The van der Waals surface area contributed by atoms with E-state index >= 15 is 0 Å². The van der Waals surface area contributed by atoms with Crippen LogP contribution in [0.4, 0.5) is 0 Å². The van der Waals surface area contributed by atoms with E-state index in [2.05, 4.69) is 4.90 Å². The van der Waals surface area contributed by atoms with Crippen LogP contribution >= 0.6 is 12.4 Å². The first-order valence-corrected chi connectivity index (χ1v) is 6.85. The lowest BCUT2D eigenvalue weighted by Gasteiger charge is -2.33. The lowest BCUT2D eigenvalue weighted by atomic mass is 9.73. The Balaban J connectivity index is 0.00000144. The van der Waals surface area contributed by atoms with Gasteiger partial charge in [-0.15, -0.1) is 12.4 Å². The number of hydrogen-bond donors (Lipinski definition) is 1. The molecule has 1 spiro atoms. The molecule has 0 amide bonds. The molecule has 0 atom stereocenters. The van der Waals surface area contributed by atoms with Crippen LogP contribution in [-0.2, 0) is 4.74 Å². The van der Waals surface area contributed by atoms with Gasteiger partial charge >= 0.3 is 0 Å². The molecule has 1 saturated heterocycles. The van der Waals surface area contributed by atoms with Gasteiger partial charge in [0.05, 0.1) is 13.2 Å². The summed E-state index contributed by atoms with van der Waals surface area (Å²) in [5.41, 5.74) is 6.08. The van der Waals surface area contributed by atoms with Crippen LogP contribution in [0.5, 0.6) is 0 Å². The van der Waals surface area contributed by atoms with Crippen molar-refractivity contribution < 1.29 is 4.74 Å². The number of hydrogen-bond acceptors (Lipinski definition) is 3. The molecule has 1 aliphatic heterocycles. The zero-order valence-electron chi connectivity index (χ0n) is 10.8. The summed E-state index contributed by atoms with van der Waals surface area (Å²) in [5.74, 6) is 0. The Labute approximate surface area is 111 Å². The summed E-state index contributed by atoms with van der Waals surface area (Å²) in [6.07, 6.45) is 8.72. The van der Waals surface area contributed by atoms with Crippen molar-refractivity contribution in [2.45, 2.75) is 38.5 Å². The van der Waals surface area contributed by atoms with E-state index in [0.717, 1.165) is 13.2 Å². The second kappa shape index (κ2) is 7.57. The second-order valence-corrected chi connectivity index (χ2v) is 5.49. The Morgan fingerprint density at radius 1 is 1.06 bits per heavy atom. The van der Waals surface area contributed by atoms with Crippen molar-refractivity contribution in [3.8, 4) is 0 Å². The monoisotopic (exact) mass is 262 g/mol. The molecule has 1 aliphatic carbocycles. The minimum Gasteiger partial charge on any atom is -0.379 e. The summed E-state index contributed by atoms with van der Waals surface area (Å²) < 4.78 is 5.45. The Bertz CT molecular complexity index is 208. The maximum absolute atomic E-state index is 5.45. The molecular formula is C13H27ClN2O. The zero-order valence-corrected chi connectivity index (χ0v) is 11.6. The summed E-state index contributed by atoms with van der Waals surface area (Å²) in [6, 6.07) is 0. The summed E-state index contributed by atoms with van der Waals surface area (Å²) in [6.45, 7) is 5.91. The average Bonchev–Trinajstić information content (AvgIpc) is 2.69. The normalized spacial score (nSPS) is 23.8. The molecule has 4 heteroatoms. The van der Waals surface area contributed by atoms with E-state index in [1.54, 1.807) is 0 Å². The molecule has 2 aliphatic rings. The molecule has 17 heavy (non-hydrogen) atoms. The van der Waals surface area contributed by atoms with Gasteiger partial charge < -0.3 is 15.4 Å². The topological polar surface area (TPSA) is 38.5 Å². The van der Waals surface area contributed by atoms with Gasteiger partial charge in [-0.3, -0.25) is 0 Å². The number of ether oxygens (including phenoxy) is 1. The van der Waals surface area contributed by atoms with Crippen molar-refractivity contribution in [3.05, 3.63) is 0 Å². The van der Waals surface area contributed by atoms with Crippen LogP contribution in [0.3, 0.4) is 0 Å². The number of halogens is 1. The van der Waals surface area contributed by atoms with E-state index < -0.39 is 0 Å². The van der Waals surface area contributed by atoms with Crippen LogP contribution < -0.4 is 5.73 Å². The lowest BCUT2D eigenvalue weighted by molar-refractivity contribution is 0.108. The highest BCUT2D eigenvalue weighted by Gasteiger charge is 2.38. The molecule has 2 N–H and O–H groups in total. The Hall–Kier alpha value is 0.170. The van der Waals surface area contributed by atoms with Crippen LogP contribution in [0.2, 0.25) is 0 Å². The minimum atomic E-state index is 0. The van der Waals surface area contributed by atoms with Gasteiger partial charge in [-0.05, 0) is 31.2 Å². The van der Waals surface area contributed by atoms with Crippen LogP contribution in [0, 0.1) is 5.41 Å². The molecule has 1 saturated carbocycles. The standard InChI is InChI=1S/C13H26N2O.ClH/c14-7-10-16-11-9-15-8-6-13(12-15)4-2-1-3-5-13;/h1-12,14H2;1H. The summed E-state index contributed by atoms with van der Waals surface area (Å²) >= 11 is 0. The first-order valence-electron chi connectivity index (χ1n) is 6.85. The van der Waals surface area contributed by atoms with Crippen molar-refractivity contribution in [2.24, 2.45) is 11.1 Å². The van der Waals surface area contributed by atoms with Crippen molar-refractivity contribution >= 4 is 12.4 Å². The quantitative estimate of drug-likeness (QED) is 0.771. The van der Waals surface area contributed by atoms with Crippen molar-refractivity contribution in [3.63, 3.8) is 0 Å². The molecule has 0 radical (unpaired) electrons. The molecular weight excluding hydrogens is 236 g/mol. The van der Waals surface area contributed by atoms with Crippen molar-refractivity contribution in [1.82, 2.24) is 4.90 Å². The molecule has 0 aromatic rings. The highest BCUT2D eigenvalue weighted by atomic mass is 35.5. The van der Waals surface area contributed by atoms with Gasteiger partial charge in [-0.2, -0.15) is 0 Å². The maximum atomic E-state index is 5.45. The first-order chi connectivity index (χ1) is 7.85. The number of likely N-dealkylation sites (tertiary alicyclic amines) is 1. The third-order valence-electron chi connectivity index (χ3n) is 4.25. The Morgan fingerprint density at radius 2 is 1.82 bits per heavy atom. The zero-order chi connectivity index (χ0) is 11.3. The third-order valence-corrected chi connectivity index (χ3v) is 4.25. The van der Waals surface area contributed by atoms with Gasteiger partial charge in [-0.1, -0.05) is 19.3 Å². The number of nitrogens with two attached hydrogens (primary N) is 1. The minimum absolute atomic E-state index is 0. The van der Waals surface area contributed by atoms with Gasteiger partial charge in [0.15, 0.2) is 0 Å². The molecule has 2 rings (SSSR count). The molecule has 102 valence electrons. The summed E-state index contributed by atoms with van der Waals surface area (Å²) in [4.78, 5) is 2.59. The molecule has 0 bridgehead atoms. The highest BCUT2D eigenvalue weighted by molar-refractivity contribution is 5.85. The van der Waals surface area contributed by atoms with Crippen LogP contribution in [-0.4, -0.2) is 44.3 Å². The van der Waals surface area contributed by atoms with Gasteiger partial charge in [0.25, 0.3) is 0 Å². The maximum Gasteiger partial charge on any atom is 0.0594 e. The second-order valence-electron chi connectivity index (χ2n) is 5.49. The highest BCUT2D eigenvalue weighted by Crippen LogP contribution is 2.43. The van der Waals surface area contributed by atoms with E-state index in [1.165, 1.54) is 51.6 Å². The average molecular weight is 263 g/mol. The van der Waals surface area contributed by atoms with Crippen LogP contribution in [0.25, 0.3) is 0 Å². The van der Waals surface area contributed by atoms with E-state index in [0.29, 0.717) is 18.6 Å². The number of nitrogens with zero attached hydrogens (tertiary/aromatic N) is 1. The fourth-order valence-corrected chi connectivity index (χ4v) is 3.31. The van der Waals surface area contributed by atoms with E-state index in [4.69, 9.17) is 10.5 Å². The molecule has 2 fully saturated rings. The van der Waals surface area contributed by atoms with E-state index in [9.17, 15) is 0 Å². The largest absolute Gasteiger partial charge is 0.379 e. The molecule has 0 aromatic carbocycles.